The summed E-state index contributed by atoms with van der Waals surface area (Å²) >= 11 is 1.42. The number of hydrogen-bond donors (Lipinski definition) is 1. The number of carbonyl (C=O) groups excluding carboxylic acids is 1. The molecule has 1 aliphatic heterocycles. The molecule has 12 heteroatoms. The molecule has 1 amide bonds. The van der Waals surface area contributed by atoms with E-state index in [1.807, 2.05) is 24.0 Å². The van der Waals surface area contributed by atoms with Crippen LogP contribution in [0.1, 0.15) is 16.2 Å². The second kappa shape index (κ2) is 8.56. The SMILES string of the molecule is Cc1nnc2sc(-c3ccc(NC(=O)c4cc([N+](=O)[O-])ccc4N4CCOCC4)cc3)nn12. The van der Waals surface area contributed by atoms with Crippen molar-refractivity contribution in [3.05, 3.63) is 64.0 Å². The molecule has 1 fully saturated rings. The highest BCUT2D eigenvalue weighted by Crippen LogP contribution is 2.29. The van der Waals surface area contributed by atoms with Crippen molar-refractivity contribution in [3.63, 3.8) is 0 Å². The van der Waals surface area contributed by atoms with Crippen LogP contribution >= 0.6 is 11.3 Å². The first kappa shape index (κ1) is 21.0. The maximum atomic E-state index is 13.1. The van der Waals surface area contributed by atoms with Crippen LogP contribution in [0.4, 0.5) is 17.1 Å². The predicted octanol–water partition coefficient (Wildman–Crippen LogP) is 3.16. The Bertz CT molecular complexity index is 1340. The summed E-state index contributed by atoms with van der Waals surface area (Å²) in [6.07, 6.45) is 0. The van der Waals surface area contributed by atoms with Gasteiger partial charge in [0.05, 0.1) is 29.4 Å². The number of nitro groups is 1. The third-order valence-electron chi connectivity index (χ3n) is 5.32. The number of ether oxygens (including phenoxy) is 1. The van der Waals surface area contributed by atoms with Crippen molar-refractivity contribution in [2.75, 3.05) is 36.5 Å². The molecule has 0 unspecified atom stereocenters. The lowest BCUT2D eigenvalue weighted by atomic mass is 10.1. The predicted molar refractivity (Wildman–Crippen MR) is 123 cm³/mol. The number of aryl methyl sites for hydroxylation is 1. The van der Waals surface area contributed by atoms with E-state index in [4.69, 9.17) is 4.74 Å². The minimum atomic E-state index is -0.503. The molecular formula is C21H19N7O4S. The number of anilines is 2. The number of nitrogens with one attached hydrogen (secondary N) is 1. The maximum Gasteiger partial charge on any atom is 0.270 e. The van der Waals surface area contributed by atoms with Crippen LogP contribution in [0.5, 0.6) is 0 Å². The lowest BCUT2D eigenvalue weighted by Crippen LogP contribution is -2.37. The first-order valence-corrected chi connectivity index (χ1v) is 11.0. The molecule has 33 heavy (non-hydrogen) atoms. The average molecular weight is 465 g/mol. The quantitative estimate of drug-likeness (QED) is 0.352. The normalized spacial score (nSPS) is 13.9. The van der Waals surface area contributed by atoms with E-state index < -0.39 is 10.8 Å². The number of carbonyl (C=O) groups is 1. The Morgan fingerprint density at radius 1 is 1.15 bits per heavy atom. The number of amides is 1. The van der Waals surface area contributed by atoms with Gasteiger partial charge in [0.1, 0.15) is 5.01 Å². The highest BCUT2D eigenvalue weighted by Gasteiger charge is 2.22. The molecule has 0 aliphatic carbocycles. The Balaban J connectivity index is 1.39. The van der Waals surface area contributed by atoms with Gasteiger partial charge in [0, 0.05) is 36.5 Å². The second-order valence-corrected chi connectivity index (χ2v) is 8.39. The monoisotopic (exact) mass is 465 g/mol. The van der Waals surface area contributed by atoms with E-state index in [9.17, 15) is 14.9 Å². The van der Waals surface area contributed by atoms with Crippen LogP contribution in [0.2, 0.25) is 0 Å². The lowest BCUT2D eigenvalue weighted by molar-refractivity contribution is -0.384. The van der Waals surface area contributed by atoms with E-state index in [0.29, 0.717) is 48.5 Å². The summed E-state index contributed by atoms with van der Waals surface area (Å²) in [5.41, 5.74) is 2.22. The first-order chi connectivity index (χ1) is 16.0. The van der Waals surface area contributed by atoms with Crippen LogP contribution in [0, 0.1) is 17.0 Å². The molecule has 0 atom stereocenters. The Labute approximate surface area is 191 Å². The molecule has 0 saturated carbocycles. The number of aromatic nitrogens is 4. The number of rotatable bonds is 5. The number of non-ortho nitro benzene ring substituents is 1. The third kappa shape index (κ3) is 4.13. The fourth-order valence-electron chi connectivity index (χ4n) is 3.63. The highest BCUT2D eigenvalue weighted by atomic mass is 32.1. The molecule has 3 heterocycles. The number of nitro benzene ring substituents is 1. The minimum absolute atomic E-state index is 0.133. The van der Waals surface area contributed by atoms with E-state index in [2.05, 4.69) is 20.6 Å². The van der Waals surface area contributed by atoms with E-state index >= 15 is 0 Å². The Morgan fingerprint density at radius 3 is 2.61 bits per heavy atom. The van der Waals surface area contributed by atoms with E-state index in [-0.39, 0.29) is 11.3 Å². The zero-order valence-electron chi connectivity index (χ0n) is 17.6. The maximum absolute atomic E-state index is 13.1. The smallest absolute Gasteiger partial charge is 0.270 e. The standard InChI is InChI=1S/C21H19N7O4S/c1-13-23-24-21-27(13)25-20(33-21)14-2-4-15(5-3-14)22-19(29)17-12-16(28(30)31)6-7-18(17)26-8-10-32-11-9-26/h2-7,12H,8-11H2,1H3,(H,22,29). The van der Waals surface area contributed by atoms with Gasteiger partial charge in [0.2, 0.25) is 4.96 Å². The molecule has 5 rings (SSSR count). The van der Waals surface area contributed by atoms with E-state index in [1.54, 1.807) is 22.7 Å². The van der Waals surface area contributed by atoms with E-state index in [1.165, 1.54) is 23.5 Å². The van der Waals surface area contributed by atoms with Crippen LogP contribution in [-0.2, 0) is 4.74 Å². The van der Waals surface area contributed by atoms with Gasteiger partial charge in [-0.25, -0.2) is 0 Å². The van der Waals surface area contributed by atoms with Crippen molar-refractivity contribution >= 4 is 39.3 Å². The van der Waals surface area contributed by atoms with Crippen molar-refractivity contribution in [3.8, 4) is 10.6 Å². The third-order valence-corrected chi connectivity index (χ3v) is 6.27. The van der Waals surface area contributed by atoms with Gasteiger partial charge in [-0.15, -0.1) is 10.2 Å². The van der Waals surface area contributed by atoms with Crippen LogP contribution < -0.4 is 10.2 Å². The summed E-state index contributed by atoms with van der Waals surface area (Å²) in [5.74, 6) is 0.298. The van der Waals surface area contributed by atoms with Gasteiger partial charge in [0.25, 0.3) is 11.6 Å². The molecule has 2 aromatic heterocycles. The average Bonchev–Trinajstić information content (AvgIpc) is 3.41. The van der Waals surface area contributed by atoms with Crippen LogP contribution in [0.15, 0.2) is 42.5 Å². The van der Waals surface area contributed by atoms with Gasteiger partial charge in [0.15, 0.2) is 5.82 Å². The summed E-state index contributed by atoms with van der Waals surface area (Å²) in [6, 6.07) is 11.6. The molecular weight excluding hydrogens is 446 g/mol. The van der Waals surface area contributed by atoms with Crippen molar-refractivity contribution in [1.82, 2.24) is 19.8 Å². The van der Waals surface area contributed by atoms with Crippen molar-refractivity contribution in [2.45, 2.75) is 6.92 Å². The number of hydrogen-bond acceptors (Lipinski definition) is 9. The molecule has 0 spiro atoms. The van der Waals surface area contributed by atoms with Gasteiger partial charge in [-0.1, -0.05) is 11.3 Å². The van der Waals surface area contributed by atoms with Crippen LogP contribution in [-0.4, -0.2) is 56.9 Å². The molecule has 1 saturated heterocycles. The van der Waals surface area contributed by atoms with Gasteiger partial charge >= 0.3 is 0 Å². The molecule has 168 valence electrons. The van der Waals surface area contributed by atoms with Crippen LogP contribution in [0.3, 0.4) is 0 Å². The highest BCUT2D eigenvalue weighted by molar-refractivity contribution is 7.19. The summed E-state index contributed by atoms with van der Waals surface area (Å²) in [5, 5.41) is 27.5. The number of morpholine rings is 1. The Hall–Kier alpha value is -3.90. The molecule has 0 bridgehead atoms. The molecule has 0 radical (unpaired) electrons. The summed E-state index contributed by atoms with van der Waals surface area (Å²) in [6.45, 7) is 4.13. The molecule has 1 aliphatic rings. The summed E-state index contributed by atoms with van der Waals surface area (Å²) < 4.78 is 7.07. The zero-order valence-corrected chi connectivity index (χ0v) is 18.4. The topological polar surface area (TPSA) is 128 Å². The molecule has 2 aromatic carbocycles. The number of benzene rings is 2. The van der Waals surface area contributed by atoms with Gasteiger partial charge < -0.3 is 15.0 Å². The fourth-order valence-corrected chi connectivity index (χ4v) is 4.52. The van der Waals surface area contributed by atoms with Crippen molar-refractivity contribution < 1.29 is 14.5 Å². The molecule has 11 nitrogen and oxygen atoms in total. The van der Waals surface area contributed by atoms with Gasteiger partial charge in [-0.05, 0) is 37.3 Å². The van der Waals surface area contributed by atoms with E-state index in [0.717, 1.165) is 10.6 Å². The van der Waals surface area contributed by atoms with Crippen LogP contribution in [0.25, 0.3) is 15.5 Å². The molecule has 4 aromatic rings. The second-order valence-electron chi connectivity index (χ2n) is 7.44. The summed E-state index contributed by atoms with van der Waals surface area (Å²) in [7, 11) is 0. The van der Waals surface area contributed by atoms with Gasteiger partial charge in [-0.2, -0.15) is 9.61 Å². The summed E-state index contributed by atoms with van der Waals surface area (Å²) in [4.78, 5) is 26.6. The first-order valence-electron chi connectivity index (χ1n) is 10.2. The number of nitrogens with zero attached hydrogens (tertiary/aromatic N) is 6. The minimum Gasteiger partial charge on any atom is -0.378 e. The zero-order chi connectivity index (χ0) is 22.9. The Morgan fingerprint density at radius 2 is 1.91 bits per heavy atom. The van der Waals surface area contributed by atoms with Crippen molar-refractivity contribution in [1.29, 1.82) is 0 Å². The molecule has 1 N–H and O–H groups in total. The van der Waals surface area contributed by atoms with Gasteiger partial charge in [-0.3, -0.25) is 14.9 Å². The van der Waals surface area contributed by atoms with Crippen molar-refractivity contribution in [2.24, 2.45) is 0 Å². The number of fused-ring (bicyclic) bond motifs is 1. The lowest BCUT2D eigenvalue weighted by Gasteiger charge is -2.30. The fraction of sp³-hybridized carbons (Fsp3) is 0.238. The Kier molecular flexibility index (Phi) is 5.44. The largest absolute Gasteiger partial charge is 0.378 e.